The molecule has 1 aliphatic heterocycles. The first-order chi connectivity index (χ1) is 8.03. The predicted molar refractivity (Wildman–Crippen MR) is 68.9 cm³/mol. The van der Waals surface area contributed by atoms with Gasteiger partial charge in [-0.3, -0.25) is 0 Å². The molecule has 0 radical (unpaired) electrons. The summed E-state index contributed by atoms with van der Waals surface area (Å²) in [5.74, 6) is 0. The van der Waals surface area contributed by atoms with E-state index < -0.39 is 0 Å². The molecular weight excluding hydrogens is 284 g/mol. The molecule has 2 rings (SSSR count). The largest absolute Gasteiger partial charge is 0.395 e. The molecule has 0 amide bonds. The average molecular weight is 301 g/mol. The zero-order valence-electron chi connectivity index (χ0n) is 10.1. The molecule has 0 spiro atoms. The first-order valence-electron chi connectivity index (χ1n) is 5.68. The second-order valence-corrected chi connectivity index (χ2v) is 5.80. The Hall–Kier alpha value is -0.420. The van der Waals surface area contributed by atoms with E-state index in [0.29, 0.717) is 13.2 Å². The molecule has 1 heterocycles. The summed E-state index contributed by atoms with van der Waals surface area (Å²) in [5, 5.41) is 9.42. The molecule has 17 heavy (non-hydrogen) atoms. The van der Waals surface area contributed by atoms with E-state index >= 15 is 0 Å². The molecule has 4 heteroatoms. The number of hydrogen-bond donors (Lipinski definition) is 1. The SMILES string of the molecule is CC(C)(CO)c1cc(Br)cc(C2OCCO2)c1. The van der Waals surface area contributed by atoms with E-state index in [4.69, 9.17) is 9.47 Å². The number of aliphatic hydroxyl groups is 1. The summed E-state index contributed by atoms with van der Waals surface area (Å²) < 4.78 is 12.0. The van der Waals surface area contributed by atoms with E-state index in [2.05, 4.69) is 15.9 Å². The van der Waals surface area contributed by atoms with E-state index in [-0.39, 0.29) is 18.3 Å². The highest BCUT2D eigenvalue weighted by Gasteiger charge is 2.24. The van der Waals surface area contributed by atoms with Crippen LogP contribution in [0.15, 0.2) is 22.7 Å². The van der Waals surface area contributed by atoms with E-state index in [1.165, 1.54) is 0 Å². The van der Waals surface area contributed by atoms with Crippen LogP contribution < -0.4 is 0 Å². The number of rotatable bonds is 3. The Morgan fingerprint density at radius 2 is 1.94 bits per heavy atom. The van der Waals surface area contributed by atoms with E-state index in [9.17, 15) is 5.11 Å². The summed E-state index contributed by atoms with van der Waals surface area (Å²) in [6.45, 7) is 5.39. The van der Waals surface area contributed by atoms with Crippen molar-refractivity contribution in [2.24, 2.45) is 0 Å². The average Bonchev–Trinajstić information content (AvgIpc) is 2.81. The Morgan fingerprint density at radius 3 is 2.53 bits per heavy atom. The summed E-state index contributed by atoms with van der Waals surface area (Å²) >= 11 is 3.49. The first kappa shape index (κ1) is 13.0. The quantitative estimate of drug-likeness (QED) is 0.933. The summed E-state index contributed by atoms with van der Waals surface area (Å²) in [5.41, 5.74) is 1.80. The van der Waals surface area contributed by atoms with Gasteiger partial charge in [0.1, 0.15) is 0 Å². The standard InChI is InChI=1S/C13H17BrO3/c1-13(2,8-15)10-5-9(6-11(14)7-10)12-16-3-4-17-12/h5-7,12,15H,3-4,8H2,1-2H3. The lowest BCUT2D eigenvalue weighted by Crippen LogP contribution is -2.22. The molecule has 0 aliphatic carbocycles. The van der Waals surface area contributed by atoms with Crippen LogP contribution in [0.1, 0.15) is 31.3 Å². The highest BCUT2D eigenvalue weighted by Crippen LogP contribution is 2.31. The van der Waals surface area contributed by atoms with Crippen LogP contribution >= 0.6 is 15.9 Å². The Balaban J connectivity index is 2.35. The van der Waals surface area contributed by atoms with Crippen LogP contribution in [-0.4, -0.2) is 24.9 Å². The number of hydrogen-bond acceptors (Lipinski definition) is 3. The molecule has 1 saturated heterocycles. The predicted octanol–water partition coefficient (Wildman–Crippen LogP) is 2.76. The zero-order chi connectivity index (χ0) is 12.5. The summed E-state index contributed by atoms with van der Waals surface area (Å²) in [6.07, 6.45) is -0.277. The van der Waals surface area contributed by atoms with Gasteiger partial charge in [0.2, 0.25) is 0 Å². The van der Waals surface area contributed by atoms with Crippen molar-refractivity contribution in [2.75, 3.05) is 19.8 Å². The zero-order valence-corrected chi connectivity index (χ0v) is 11.7. The normalized spacial score (nSPS) is 17.6. The Morgan fingerprint density at radius 1 is 1.29 bits per heavy atom. The fraction of sp³-hybridized carbons (Fsp3) is 0.538. The topological polar surface area (TPSA) is 38.7 Å². The third kappa shape index (κ3) is 2.88. The lowest BCUT2D eigenvalue weighted by molar-refractivity contribution is -0.0442. The molecule has 0 aromatic heterocycles. The van der Waals surface area contributed by atoms with E-state index in [0.717, 1.165) is 15.6 Å². The Kier molecular flexibility index (Phi) is 3.88. The number of aliphatic hydroxyl groups excluding tert-OH is 1. The minimum absolute atomic E-state index is 0.106. The maximum atomic E-state index is 9.42. The minimum Gasteiger partial charge on any atom is -0.395 e. The van der Waals surface area contributed by atoms with E-state index in [1.54, 1.807) is 0 Å². The maximum absolute atomic E-state index is 9.42. The van der Waals surface area contributed by atoms with Gasteiger partial charge in [-0.2, -0.15) is 0 Å². The number of benzene rings is 1. The second-order valence-electron chi connectivity index (χ2n) is 4.89. The van der Waals surface area contributed by atoms with Gasteiger partial charge in [0, 0.05) is 15.5 Å². The van der Waals surface area contributed by atoms with Gasteiger partial charge in [0.25, 0.3) is 0 Å². The van der Waals surface area contributed by atoms with Crippen molar-refractivity contribution in [1.29, 1.82) is 0 Å². The van der Waals surface area contributed by atoms with Gasteiger partial charge < -0.3 is 14.6 Å². The van der Waals surface area contributed by atoms with Crippen molar-refractivity contribution in [2.45, 2.75) is 25.6 Å². The molecule has 94 valence electrons. The highest BCUT2D eigenvalue weighted by atomic mass is 79.9. The molecular formula is C13H17BrO3. The van der Waals surface area contributed by atoms with E-state index in [1.807, 2.05) is 32.0 Å². The lowest BCUT2D eigenvalue weighted by atomic mass is 9.85. The molecule has 3 nitrogen and oxygen atoms in total. The third-order valence-corrected chi connectivity index (χ3v) is 3.45. The molecule has 1 aliphatic rings. The Bertz CT molecular complexity index is 398. The summed E-state index contributed by atoms with van der Waals surface area (Å²) in [6, 6.07) is 6.05. The van der Waals surface area contributed by atoms with Gasteiger partial charge in [-0.05, 0) is 17.7 Å². The van der Waals surface area contributed by atoms with Crippen molar-refractivity contribution in [3.8, 4) is 0 Å². The minimum atomic E-state index is -0.277. The van der Waals surface area contributed by atoms with Crippen LogP contribution in [0.5, 0.6) is 0 Å². The monoisotopic (exact) mass is 300 g/mol. The van der Waals surface area contributed by atoms with Crippen molar-refractivity contribution in [1.82, 2.24) is 0 Å². The van der Waals surface area contributed by atoms with Gasteiger partial charge in [0.05, 0.1) is 19.8 Å². The van der Waals surface area contributed by atoms with Gasteiger partial charge in [-0.15, -0.1) is 0 Å². The molecule has 0 atom stereocenters. The molecule has 1 N–H and O–H groups in total. The summed E-state index contributed by atoms with van der Waals surface area (Å²) in [7, 11) is 0. The molecule has 0 unspecified atom stereocenters. The molecule has 1 aromatic rings. The third-order valence-electron chi connectivity index (χ3n) is 2.99. The van der Waals surface area contributed by atoms with Crippen LogP contribution in [0.2, 0.25) is 0 Å². The van der Waals surface area contributed by atoms with Crippen molar-refractivity contribution < 1.29 is 14.6 Å². The molecule has 1 aromatic carbocycles. The van der Waals surface area contributed by atoms with Crippen LogP contribution in [-0.2, 0) is 14.9 Å². The summed E-state index contributed by atoms with van der Waals surface area (Å²) in [4.78, 5) is 0. The van der Waals surface area contributed by atoms with Gasteiger partial charge in [0.15, 0.2) is 6.29 Å². The fourth-order valence-electron chi connectivity index (χ4n) is 1.78. The molecule has 0 saturated carbocycles. The van der Waals surface area contributed by atoms with Crippen molar-refractivity contribution in [3.63, 3.8) is 0 Å². The van der Waals surface area contributed by atoms with Crippen LogP contribution in [0.3, 0.4) is 0 Å². The fourth-order valence-corrected chi connectivity index (χ4v) is 2.29. The highest BCUT2D eigenvalue weighted by molar-refractivity contribution is 9.10. The Labute approximate surface area is 110 Å². The molecule has 0 bridgehead atoms. The number of halogens is 1. The molecule has 1 fully saturated rings. The second kappa shape index (κ2) is 5.06. The maximum Gasteiger partial charge on any atom is 0.184 e. The first-order valence-corrected chi connectivity index (χ1v) is 6.47. The van der Waals surface area contributed by atoms with Crippen LogP contribution in [0.25, 0.3) is 0 Å². The van der Waals surface area contributed by atoms with Gasteiger partial charge in [-0.1, -0.05) is 35.8 Å². The van der Waals surface area contributed by atoms with Gasteiger partial charge >= 0.3 is 0 Å². The smallest absolute Gasteiger partial charge is 0.184 e. The van der Waals surface area contributed by atoms with Crippen LogP contribution in [0.4, 0.5) is 0 Å². The van der Waals surface area contributed by atoms with Crippen molar-refractivity contribution in [3.05, 3.63) is 33.8 Å². The van der Waals surface area contributed by atoms with Crippen molar-refractivity contribution >= 4 is 15.9 Å². The van der Waals surface area contributed by atoms with Gasteiger partial charge in [-0.25, -0.2) is 0 Å². The lowest BCUT2D eigenvalue weighted by Gasteiger charge is -2.24. The number of ether oxygens (including phenoxy) is 2. The van der Waals surface area contributed by atoms with Crippen LogP contribution in [0, 0.1) is 0 Å².